The normalized spacial score (nSPS) is 10.9. The van der Waals surface area contributed by atoms with Crippen LogP contribution in [0.2, 0.25) is 0 Å². The molecule has 2 nitrogen and oxygen atoms in total. The average molecular weight is 258 g/mol. The van der Waals surface area contributed by atoms with Crippen molar-refractivity contribution in [2.24, 2.45) is 0 Å². The minimum absolute atomic E-state index is 0.201. The number of benzene rings is 2. The van der Waals surface area contributed by atoms with Crippen molar-refractivity contribution >= 4 is 22.7 Å². The highest BCUT2D eigenvalue weighted by atomic mass is 32.2. The second-order valence-electron chi connectivity index (χ2n) is 4.01. The fourth-order valence-electron chi connectivity index (χ4n) is 1.79. The summed E-state index contributed by atoms with van der Waals surface area (Å²) in [6.45, 7) is 0. The number of halogens is 1. The molecule has 3 rings (SSSR count). The Bertz CT molecular complexity index is 664. The van der Waals surface area contributed by atoms with Gasteiger partial charge < -0.3 is 0 Å². The third-order valence-electron chi connectivity index (χ3n) is 2.73. The van der Waals surface area contributed by atoms with Crippen LogP contribution in [0.1, 0.15) is 5.56 Å². The van der Waals surface area contributed by atoms with Crippen LogP contribution in [-0.2, 0) is 5.75 Å². The number of thioether (sulfide) groups is 1. The van der Waals surface area contributed by atoms with Crippen LogP contribution in [-0.4, -0.2) is 10.2 Å². The van der Waals surface area contributed by atoms with Gasteiger partial charge in [-0.05, 0) is 11.6 Å². The fraction of sp³-hybridized carbons (Fsp3) is 0.0714. The second kappa shape index (κ2) is 4.82. The number of aromatic amines is 1. The van der Waals surface area contributed by atoms with E-state index in [1.165, 1.54) is 23.4 Å². The van der Waals surface area contributed by atoms with E-state index in [0.717, 1.165) is 16.7 Å². The number of nitrogens with zero attached hydrogens (tertiary/aromatic N) is 1. The van der Waals surface area contributed by atoms with Crippen LogP contribution in [0.4, 0.5) is 4.39 Å². The summed E-state index contributed by atoms with van der Waals surface area (Å²) in [6.07, 6.45) is 1.71. The fourth-order valence-corrected chi connectivity index (χ4v) is 2.71. The van der Waals surface area contributed by atoms with Crippen LogP contribution in [0.3, 0.4) is 0 Å². The zero-order valence-electron chi connectivity index (χ0n) is 9.56. The molecule has 18 heavy (non-hydrogen) atoms. The third kappa shape index (κ3) is 2.24. The van der Waals surface area contributed by atoms with Crippen LogP contribution in [0.25, 0.3) is 10.9 Å². The molecule has 0 unspecified atom stereocenters. The first-order valence-corrected chi connectivity index (χ1v) is 6.61. The molecule has 1 aromatic heterocycles. The number of hydrogen-bond acceptors (Lipinski definition) is 2. The highest BCUT2D eigenvalue weighted by Crippen LogP contribution is 2.28. The van der Waals surface area contributed by atoms with Gasteiger partial charge in [-0.2, -0.15) is 5.10 Å². The van der Waals surface area contributed by atoms with Crippen LogP contribution in [0.15, 0.2) is 53.6 Å². The first-order valence-electron chi connectivity index (χ1n) is 5.62. The molecule has 0 aliphatic carbocycles. The zero-order valence-corrected chi connectivity index (χ0v) is 10.4. The van der Waals surface area contributed by atoms with Crippen LogP contribution < -0.4 is 0 Å². The van der Waals surface area contributed by atoms with Crippen molar-refractivity contribution in [3.05, 3.63) is 60.0 Å². The Morgan fingerprint density at radius 1 is 1.17 bits per heavy atom. The van der Waals surface area contributed by atoms with Gasteiger partial charge in [-0.25, -0.2) is 4.39 Å². The van der Waals surface area contributed by atoms with Crippen molar-refractivity contribution < 1.29 is 4.39 Å². The number of fused-ring (bicyclic) bond motifs is 1. The molecule has 3 aromatic rings. The number of rotatable bonds is 3. The van der Waals surface area contributed by atoms with E-state index < -0.39 is 0 Å². The molecule has 0 saturated carbocycles. The molecular formula is C14H11FN2S. The molecular weight excluding hydrogens is 247 g/mol. The average Bonchev–Trinajstić information content (AvgIpc) is 2.84. The monoisotopic (exact) mass is 258 g/mol. The minimum Gasteiger partial charge on any atom is -0.278 e. The van der Waals surface area contributed by atoms with E-state index in [9.17, 15) is 4.39 Å². The number of H-pyrrole nitrogens is 1. The summed E-state index contributed by atoms with van der Waals surface area (Å²) in [5, 5.41) is 7.60. The first-order chi connectivity index (χ1) is 8.83. The topological polar surface area (TPSA) is 28.7 Å². The molecule has 0 amide bonds. The van der Waals surface area contributed by atoms with E-state index >= 15 is 0 Å². The maximum atomic E-state index is 13.8. The smallest absolute Gasteiger partial charge is 0.138 e. The lowest BCUT2D eigenvalue weighted by molar-refractivity contribution is 0.604. The lowest BCUT2D eigenvalue weighted by atomic mass is 10.2. The van der Waals surface area contributed by atoms with Gasteiger partial charge in [-0.15, -0.1) is 11.8 Å². The summed E-state index contributed by atoms with van der Waals surface area (Å²) in [5.74, 6) is 0.564. The van der Waals surface area contributed by atoms with Gasteiger partial charge in [0.1, 0.15) is 5.82 Å². The predicted molar refractivity (Wildman–Crippen MR) is 72.1 cm³/mol. The third-order valence-corrected chi connectivity index (χ3v) is 3.83. The molecule has 0 atom stereocenters. The summed E-state index contributed by atoms with van der Waals surface area (Å²) in [7, 11) is 0. The number of nitrogens with one attached hydrogen (secondary N) is 1. The van der Waals surface area contributed by atoms with Crippen molar-refractivity contribution in [3.8, 4) is 0 Å². The van der Waals surface area contributed by atoms with Crippen LogP contribution in [0.5, 0.6) is 0 Å². The quantitative estimate of drug-likeness (QED) is 0.719. The van der Waals surface area contributed by atoms with Gasteiger partial charge in [0.05, 0.1) is 11.7 Å². The van der Waals surface area contributed by atoms with E-state index in [1.807, 2.05) is 36.4 Å². The van der Waals surface area contributed by atoms with Crippen molar-refractivity contribution in [1.29, 1.82) is 0 Å². The molecule has 0 saturated heterocycles. The molecule has 1 N–H and O–H groups in total. The summed E-state index contributed by atoms with van der Waals surface area (Å²) in [6, 6.07) is 13.4. The molecule has 0 aliphatic heterocycles. The van der Waals surface area contributed by atoms with E-state index in [4.69, 9.17) is 0 Å². The van der Waals surface area contributed by atoms with Gasteiger partial charge in [-0.1, -0.05) is 30.3 Å². The molecule has 90 valence electrons. The summed E-state index contributed by atoms with van der Waals surface area (Å²) in [4.78, 5) is 0.660. The maximum Gasteiger partial charge on any atom is 0.138 e. The molecule has 0 fully saturated rings. The molecule has 0 radical (unpaired) electrons. The Balaban J connectivity index is 1.84. The van der Waals surface area contributed by atoms with Crippen LogP contribution in [0, 0.1) is 5.82 Å². The predicted octanol–water partition coefficient (Wildman–Crippen LogP) is 3.99. The van der Waals surface area contributed by atoms with Crippen molar-refractivity contribution in [2.75, 3.05) is 0 Å². The lowest BCUT2D eigenvalue weighted by Crippen LogP contribution is -1.84. The lowest BCUT2D eigenvalue weighted by Gasteiger charge is -2.03. The number of hydrogen-bond donors (Lipinski definition) is 1. The minimum atomic E-state index is -0.201. The van der Waals surface area contributed by atoms with Crippen LogP contribution >= 0.6 is 11.8 Å². The van der Waals surface area contributed by atoms with Crippen molar-refractivity contribution in [2.45, 2.75) is 10.6 Å². The molecule has 0 bridgehead atoms. The van der Waals surface area contributed by atoms with Gasteiger partial charge in [0.15, 0.2) is 0 Å². The maximum absolute atomic E-state index is 13.8. The first kappa shape index (κ1) is 11.3. The Hall–Kier alpha value is -1.81. The van der Waals surface area contributed by atoms with E-state index in [2.05, 4.69) is 10.2 Å². The number of aromatic nitrogens is 2. The van der Waals surface area contributed by atoms with E-state index in [0.29, 0.717) is 4.90 Å². The van der Waals surface area contributed by atoms with Gasteiger partial charge in [0.2, 0.25) is 0 Å². The van der Waals surface area contributed by atoms with Crippen molar-refractivity contribution in [1.82, 2.24) is 10.2 Å². The molecule has 0 aliphatic rings. The molecule has 4 heteroatoms. The highest BCUT2D eigenvalue weighted by Gasteiger charge is 2.06. The summed E-state index contributed by atoms with van der Waals surface area (Å²) in [5.41, 5.74) is 1.92. The summed E-state index contributed by atoms with van der Waals surface area (Å²) >= 11 is 1.50. The second-order valence-corrected chi connectivity index (χ2v) is 5.03. The Kier molecular flexibility index (Phi) is 3.02. The van der Waals surface area contributed by atoms with Gasteiger partial charge >= 0.3 is 0 Å². The highest BCUT2D eigenvalue weighted by molar-refractivity contribution is 7.98. The SMILES string of the molecule is Fc1cc2[nH]ncc2cc1SCc1ccccc1. The Labute approximate surface area is 108 Å². The molecule has 0 spiro atoms. The van der Waals surface area contributed by atoms with Gasteiger partial charge in [0.25, 0.3) is 0 Å². The van der Waals surface area contributed by atoms with Crippen molar-refractivity contribution in [3.63, 3.8) is 0 Å². The zero-order chi connectivity index (χ0) is 12.4. The van der Waals surface area contributed by atoms with E-state index in [-0.39, 0.29) is 5.82 Å². The standard InChI is InChI=1S/C14H11FN2S/c15-12-7-13-11(8-16-17-13)6-14(12)18-9-10-4-2-1-3-5-10/h1-8H,9H2,(H,16,17). The van der Waals surface area contributed by atoms with Gasteiger partial charge in [-0.3, -0.25) is 5.10 Å². The summed E-state index contributed by atoms with van der Waals surface area (Å²) < 4.78 is 13.8. The van der Waals surface area contributed by atoms with Gasteiger partial charge in [0, 0.05) is 22.1 Å². The molecule has 1 heterocycles. The van der Waals surface area contributed by atoms with E-state index in [1.54, 1.807) is 6.20 Å². The Morgan fingerprint density at radius 2 is 2.00 bits per heavy atom. The largest absolute Gasteiger partial charge is 0.278 e. The Morgan fingerprint density at radius 3 is 2.83 bits per heavy atom. The molecule has 2 aromatic carbocycles.